The molecule has 2 bridgehead atoms. The fourth-order valence-corrected chi connectivity index (χ4v) is 4.01. The molecule has 0 spiro atoms. The van der Waals surface area contributed by atoms with Crippen molar-refractivity contribution in [1.82, 2.24) is 0 Å². The van der Waals surface area contributed by atoms with Crippen LogP contribution in [0.3, 0.4) is 0 Å². The average Bonchev–Trinajstić information content (AvgIpc) is 2.66. The molecule has 3 rings (SSSR count). The van der Waals surface area contributed by atoms with Crippen molar-refractivity contribution < 1.29 is 9.84 Å². The van der Waals surface area contributed by atoms with Gasteiger partial charge in [0.15, 0.2) is 0 Å². The number of aliphatic hydroxyl groups is 1. The molecule has 1 heterocycles. The summed E-state index contributed by atoms with van der Waals surface area (Å²) in [6.07, 6.45) is 7.47. The molecular weight excluding hydrogens is 176 g/mol. The molecule has 0 aromatic heterocycles. The van der Waals surface area contributed by atoms with Crippen LogP contribution in [0.15, 0.2) is 11.6 Å². The number of hydrogen-bond acceptors (Lipinski definition) is 2. The number of allylic oxidation sites excluding steroid dienone is 1. The second-order valence-electron chi connectivity index (χ2n) is 5.26. The molecule has 3 atom stereocenters. The molecule has 0 aromatic rings. The molecule has 1 N–H and O–H groups in total. The summed E-state index contributed by atoms with van der Waals surface area (Å²) in [6, 6.07) is 0. The zero-order valence-electron chi connectivity index (χ0n) is 8.75. The number of hydrogen-bond donors (Lipinski definition) is 1. The number of aliphatic hydroxyl groups excluding tert-OH is 1. The van der Waals surface area contributed by atoms with Crippen LogP contribution in [0.1, 0.15) is 32.6 Å². The minimum atomic E-state index is 0.199. The van der Waals surface area contributed by atoms with Crippen LogP contribution in [0.5, 0.6) is 0 Å². The van der Waals surface area contributed by atoms with E-state index < -0.39 is 0 Å². The van der Waals surface area contributed by atoms with E-state index in [1.165, 1.54) is 24.8 Å². The first kappa shape index (κ1) is 8.93. The minimum absolute atomic E-state index is 0.199. The Morgan fingerprint density at radius 1 is 1.57 bits per heavy atom. The van der Waals surface area contributed by atoms with Crippen LogP contribution in [0.25, 0.3) is 0 Å². The molecule has 0 radical (unpaired) electrons. The van der Waals surface area contributed by atoms with Gasteiger partial charge in [0.25, 0.3) is 0 Å². The van der Waals surface area contributed by atoms with Gasteiger partial charge in [-0.05, 0) is 31.3 Å². The van der Waals surface area contributed by atoms with Crippen LogP contribution in [-0.4, -0.2) is 24.4 Å². The van der Waals surface area contributed by atoms with E-state index in [4.69, 9.17) is 4.74 Å². The van der Waals surface area contributed by atoms with Gasteiger partial charge in [-0.1, -0.05) is 13.0 Å². The molecule has 3 aliphatic rings. The highest BCUT2D eigenvalue weighted by Gasteiger charge is 2.64. The summed E-state index contributed by atoms with van der Waals surface area (Å²) in [5, 5.41) is 9.44. The highest BCUT2D eigenvalue weighted by Crippen LogP contribution is 2.66. The summed E-state index contributed by atoms with van der Waals surface area (Å²) in [7, 11) is 0. The Morgan fingerprint density at radius 2 is 2.43 bits per heavy atom. The van der Waals surface area contributed by atoms with Gasteiger partial charge in [-0.2, -0.15) is 0 Å². The smallest absolute Gasteiger partial charge is 0.0648 e. The Morgan fingerprint density at radius 3 is 3.07 bits per heavy atom. The molecule has 14 heavy (non-hydrogen) atoms. The monoisotopic (exact) mass is 194 g/mol. The first-order valence-electron chi connectivity index (χ1n) is 5.65. The molecule has 2 heteroatoms. The quantitative estimate of drug-likeness (QED) is 0.646. The second kappa shape index (κ2) is 2.61. The summed E-state index contributed by atoms with van der Waals surface area (Å²) in [5.41, 5.74) is 1.77. The van der Waals surface area contributed by atoms with Crippen LogP contribution in [-0.2, 0) is 4.74 Å². The van der Waals surface area contributed by atoms with E-state index in [2.05, 4.69) is 13.0 Å². The number of rotatable bonds is 1. The molecule has 1 saturated heterocycles. The molecule has 0 aromatic carbocycles. The van der Waals surface area contributed by atoms with Crippen molar-refractivity contribution in [2.75, 3.05) is 13.2 Å². The van der Waals surface area contributed by atoms with Crippen molar-refractivity contribution in [3.05, 3.63) is 11.6 Å². The third-order valence-corrected chi connectivity index (χ3v) is 5.01. The van der Waals surface area contributed by atoms with Gasteiger partial charge in [0.05, 0.1) is 19.3 Å². The van der Waals surface area contributed by atoms with Gasteiger partial charge in [0.1, 0.15) is 0 Å². The lowest BCUT2D eigenvalue weighted by molar-refractivity contribution is 0.0491. The fraction of sp³-hybridized carbons (Fsp3) is 0.833. The molecule has 2 nitrogen and oxygen atoms in total. The lowest BCUT2D eigenvalue weighted by atomic mass is 9.59. The van der Waals surface area contributed by atoms with Gasteiger partial charge in [0, 0.05) is 10.8 Å². The Balaban J connectivity index is 2.11. The van der Waals surface area contributed by atoms with Crippen LogP contribution in [0.4, 0.5) is 0 Å². The van der Waals surface area contributed by atoms with Gasteiger partial charge in [-0.3, -0.25) is 0 Å². The Kier molecular flexibility index (Phi) is 1.67. The van der Waals surface area contributed by atoms with Crippen molar-refractivity contribution in [3.8, 4) is 0 Å². The van der Waals surface area contributed by atoms with Gasteiger partial charge >= 0.3 is 0 Å². The minimum Gasteiger partial charge on any atom is -0.392 e. The fourth-order valence-electron chi connectivity index (χ4n) is 4.01. The molecule has 0 unspecified atom stereocenters. The third-order valence-electron chi connectivity index (χ3n) is 5.01. The molecular formula is C12H18O2. The molecule has 2 fully saturated rings. The lowest BCUT2D eigenvalue weighted by Crippen LogP contribution is -2.41. The Hall–Kier alpha value is -0.340. The lowest BCUT2D eigenvalue weighted by Gasteiger charge is -2.43. The van der Waals surface area contributed by atoms with Crippen molar-refractivity contribution in [3.63, 3.8) is 0 Å². The van der Waals surface area contributed by atoms with E-state index in [1.807, 2.05) is 0 Å². The van der Waals surface area contributed by atoms with E-state index >= 15 is 0 Å². The average molecular weight is 194 g/mol. The van der Waals surface area contributed by atoms with Gasteiger partial charge in [-0.25, -0.2) is 0 Å². The zero-order valence-corrected chi connectivity index (χ0v) is 8.75. The van der Waals surface area contributed by atoms with E-state index in [0.29, 0.717) is 11.5 Å². The first-order valence-corrected chi connectivity index (χ1v) is 5.65. The third kappa shape index (κ3) is 0.763. The summed E-state index contributed by atoms with van der Waals surface area (Å²) in [4.78, 5) is 0. The van der Waals surface area contributed by atoms with Crippen LogP contribution >= 0.6 is 0 Å². The predicted molar refractivity (Wildman–Crippen MR) is 53.9 cm³/mol. The Labute approximate surface area is 85.0 Å². The van der Waals surface area contributed by atoms with Crippen molar-refractivity contribution >= 4 is 0 Å². The standard InChI is InChI=1S/C12H18O2/c1-11-5-2-3-9(7-13)12(11)6-4-10(11)14-8-12/h3,10,13H,2,4-8H2,1H3/t10-,11+,12-/m0/s1. The van der Waals surface area contributed by atoms with E-state index in [1.54, 1.807) is 0 Å². The van der Waals surface area contributed by atoms with Crippen LogP contribution in [0.2, 0.25) is 0 Å². The van der Waals surface area contributed by atoms with Crippen LogP contribution < -0.4 is 0 Å². The van der Waals surface area contributed by atoms with E-state index in [9.17, 15) is 5.11 Å². The number of ether oxygens (including phenoxy) is 1. The summed E-state index contributed by atoms with van der Waals surface area (Å²) in [6.45, 7) is 3.44. The largest absolute Gasteiger partial charge is 0.392 e. The molecule has 78 valence electrons. The van der Waals surface area contributed by atoms with Crippen molar-refractivity contribution in [1.29, 1.82) is 0 Å². The normalized spacial score (nSPS) is 50.4. The summed E-state index contributed by atoms with van der Waals surface area (Å²) in [5.74, 6) is 0. The topological polar surface area (TPSA) is 29.5 Å². The maximum atomic E-state index is 9.44. The summed E-state index contributed by atoms with van der Waals surface area (Å²) >= 11 is 0. The second-order valence-corrected chi connectivity index (χ2v) is 5.26. The summed E-state index contributed by atoms with van der Waals surface area (Å²) < 4.78 is 5.87. The maximum absolute atomic E-state index is 9.44. The van der Waals surface area contributed by atoms with Gasteiger partial charge in [0.2, 0.25) is 0 Å². The van der Waals surface area contributed by atoms with E-state index in [-0.39, 0.29) is 12.0 Å². The highest BCUT2D eigenvalue weighted by atomic mass is 16.5. The molecule has 0 amide bonds. The maximum Gasteiger partial charge on any atom is 0.0648 e. The SMILES string of the molecule is C[C@]12CCC=C(CO)[C@@]13CC[C@@H]2OC3. The van der Waals surface area contributed by atoms with Crippen molar-refractivity contribution in [2.24, 2.45) is 10.8 Å². The Bertz CT molecular complexity index is 287. The predicted octanol–water partition coefficient (Wildman–Crippen LogP) is 1.88. The van der Waals surface area contributed by atoms with Gasteiger partial charge < -0.3 is 9.84 Å². The van der Waals surface area contributed by atoms with Gasteiger partial charge in [-0.15, -0.1) is 0 Å². The highest BCUT2D eigenvalue weighted by molar-refractivity contribution is 5.30. The van der Waals surface area contributed by atoms with Crippen molar-refractivity contribution in [2.45, 2.75) is 38.7 Å². The van der Waals surface area contributed by atoms with E-state index in [0.717, 1.165) is 13.0 Å². The molecule has 2 aliphatic carbocycles. The molecule has 1 aliphatic heterocycles. The molecule has 1 saturated carbocycles. The zero-order chi connectivity index (χ0) is 9.81. The first-order chi connectivity index (χ1) is 6.73. The van der Waals surface area contributed by atoms with Crippen LogP contribution in [0, 0.1) is 10.8 Å².